The normalized spacial score (nSPS) is 28.0. The van der Waals surface area contributed by atoms with Crippen molar-refractivity contribution >= 4 is 7.12 Å². The van der Waals surface area contributed by atoms with E-state index in [0.29, 0.717) is 0 Å². The maximum absolute atomic E-state index is 6.28. The summed E-state index contributed by atoms with van der Waals surface area (Å²) in [5.74, 6) is 0. The molecular formula is C18H27BO2. The lowest BCUT2D eigenvalue weighted by atomic mass is 9.68. The van der Waals surface area contributed by atoms with Crippen LogP contribution in [0.25, 0.3) is 0 Å². The lowest BCUT2D eigenvalue weighted by Gasteiger charge is -2.32. The molecule has 0 atom stereocenters. The van der Waals surface area contributed by atoms with Crippen molar-refractivity contribution in [3.8, 4) is 0 Å². The Morgan fingerprint density at radius 2 is 1.62 bits per heavy atom. The molecule has 0 aromatic rings. The summed E-state index contributed by atoms with van der Waals surface area (Å²) in [5.41, 5.74) is 3.87. The first-order valence-corrected chi connectivity index (χ1v) is 8.33. The number of rotatable bonds is 2. The molecule has 0 saturated carbocycles. The summed E-state index contributed by atoms with van der Waals surface area (Å²) in [6.07, 6.45) is 14.1. The molecule has 1 saturated heterocycles. The molecule has 0 aromatic heterocycles. The molecule has 0 radical (unpaired) electrons. The number of hydrogen-bond donors (Lipinski definition) is 0. The molecular weight excluding hydrogens is 259 g/mol. The zero-order valence-corrected chi connectivity index (χ0v) is 13.9. The van der Waals surface area contributed by atoms with E-state index in [1.54, 1.807) is 0 Å². The van der Waals surface area contributed by atoms with Gasteiger partial charge in [-0.15, -0.1) is 0 Å². The molecule has 1 heterocycles. The van der Waals surface area contributed by atoms with Crippen LogP contribution >= 0.6 is 0 Å². The van der Waals surface area contributed by atoms with Gasteiger partial charge in [-0.1, -0.05) is 18.2 Å². The Hall–Kier alpha value is -0.795. The second-order valence-corrected chi connectivity index (χ2v) is 7.45. The second-order valence-electron chi connectivity index (χ2n) is 7.45. The maximum Gasteiger partial charge on any atom is 0.491 e. The predicted octanol–water partition coefficient (Wildman–Crippen LogP) is 4.76. The highest BCUT2D eigenvalue weighted by Gasteiger charge is 2.52. The van der Waals surface area contributed by atoms with Gasteiger partial charge in [0.2, 0.25) is 0 Å². The quantitative estimate of drug-likeness (QED) is 0.538. The molecule has 0 N–H and O–H groups in total. The molecule has 2 aliphatic carbocycles. The van der Waals surface area contributed by atoms with Crippen LogP contribution in [-0.2, 0) is 9.31 Å². The summed E-state index contributed by atoms with van der Waals surface area (Å²) in [6.45, 7) is 8.52. The monoisotopic (exact) mass is 286 g/mol. The van der Waals surface area contributed by atoms with Crippen LogP contribution in [0.1, 0.15) is 66.2 Å². The highest BCUT2D eigenvalue weighted by molar-refractivity contribution is 6.55. The highest BCUT2D eigenvalue weighted by atomic mass is 16.7. The Labute approximate surface area is 129 Å². The summed E-state index contributed by atoms with van der Waals surface area (Å²) >= 11 is 0. The fraction of sp³-hybridized carbons (Fsp3) is 0.667. The highest BCUT2D eigenvalue weighted by Crippen LogP contribution is 2.42. The van der Waals surface area contributed by atoms with E-state index in [9.17, 15) is 0 Å². The molecule has 0 bridgehead atoms. The van der Waals surface area contributed by atoms with Gasteiger partial charge in [0, 0.05) is 0 Å². The van der Waals surface area contributed by atoms with E-state index in [0.717, 1.165) is 12.8 Å². The fourth-order valence-electron chi connectivity index (χ4n) is 3.34. The second kappa shape index (κ2) is 5.44. The van der Waals surface area contributed by atoms with E-state index >= 15 is 0 Å². The van der Waals surface area contributed by atoms with Gasteiger partial charge in [0.1, 0.15) is 0 Å². The van der Waals surface area contributed by atoms with Crippen molar-refractivity contribution in [1.82, 2.24) is 0 Å². The topological polar surface area (TPSA) is 18.5 Å². The van der Waals surface area contributed by atoms with E-state index in [-0.39, 0.29) is 18.3 Å². The van der Waals surface area contributed by atoms with Crippen molar-refractivity contribution < 1.29 is 9.31 Å². The molecule has 21 heavy (non-hydrogen) atoms. The fourth-order valence-corrected chi connectivity index (χ4v) is 3.34. The minimum Gasteiger partial charge on any atom is -0.400 e. The van der Waals surface area contributed by atoms with Gasteiger partial charge in [-0.2, -0.15) is 0 Å². The predicted molar refractivity (Wildman–Crippen MR) is 88.0 cm³/mol. The zero-order chi connectivity index (χ0) is 15.1. The molecule has 1 fully saturated rings. The molecule has 0 spiro atoms. The summed E-state index contributed by atoms with van der Waals surface area (Å²) in [6, 6.07) is 0. The van der Waals surface area contributed by atoms with Crippen molar-refractivity contribution in [3.05, 3.63) is 34.8 Å². The van der Waals surface area contributed by atoms with Crippen LogP contribution in [0.15, 0.2) is 34.8 Å². The summed E-state index contributed by atoms with van der Waals surface area (Å²) in [4.78, 5) is 0. The zero-order valence-electron chi connectivity index (χ0n) is 13.9. The van der Waals surface area contributed by atoms with Gasteiger partial charge in [-0.3, -0.25) is 0 Å². The third-order valence-electron chi connectivity index (χ3n) is 5.43. The van der Waals surface area contributed by atoms with Crippen molar-refractivity contribution in [2.75, 3.05) is 0 Å². The van der Waals surface area contributed by atoms with Crippen LogP contribution in [0, 0.1) is 0 Å². The molecule has 114 valence electrons. The number of hydrogen-bond acceptors (Lipinski definition) is 2. The van der Waals surface area contributed by atoms with Crippen molar-refractivity contribution in [2.24, 2.45) is 0 Å². The van der Waals surface area contributed by atoms with E-state index in [4.69, 9.17) is 9.31 Å². The minimum absolute atomic E-state index is 0.183. The molecule has 0 unspecified atom stereocenters. The molecule has 3 rings (SSSR count). The lowest BCUT2D eigenvalue weighted by Crippen LogP contribution is -2.41. The molecule has 2 nitrogen and oxygen atoms in total. The first-order chi connectivity index (χ1) is 9.91. The van der Waals surface area contributed by atoms with Gasteiger partial charge < -0.3 is 9.31 Å². The van der Waals surface area contributed by atoms with E-state index in [1.807, 2.05) is 0 Å². The van der Waals surface area contributed by atoms with Gasteiger partial charge >= 0.3 is 7.12 Å². The van der Waals surface area contributed by atoms with Gasteiger partial charge in [-0.25, -0.2) is 0 Å². The van der Waals surface area contributed by atoms with Crippen LogP contribution in [0.3, 0.4) is 0 Å². The Morgan fingerprint density at radius 1 is 0.952 bits per heavy atom. The minimum atomic E-state index is -0.252. The van der Waals surface area contributed by atoms with E-state index < -0.39 is 0 Å². The smallest absolute Gasteiger partial charge is 0.400 e. The number of allylic oxidation sites excluding steroid dienone is 6. The summed E-state index contributed by atoms with van der Waals surface area (Å²) in [5, 5.41) is 0. The van der Waals surface area contributed by atoms with Crippen LogP contribution < -0.4 is 0 Å². The molecule has 0 aromatic carbocycles. The Bertz CT molecular complexity index is 495. The first-order valence-electron chi connectivity index (χ1n) is 8.33. The SMILES string of the molecule is CC1(C)OB(C2=C(C3=CCCCC3)CC=CC2)OC1(C)C. The molecule has 0 amide bonds. The lowest BCUT2D eigenvalue weighted by molar-refractivity contribution is 0.00578. The molecule has 3 heteroatoms. The molecule has 1 aliphatic heterocycles. The van der Waals surface area contributed by atoms with Gasteiger partial charge in [0.05, 0.1) is 11.2 Å². The molecule has 3 aliphatic rings. The largest absolute Gasteiger partial charge is 0.491 e. The van der Waals surface area contributed by atoms with Gasteiger partial charge in [0.15, 0.2) is 0 Å². The van der Waals surface area contributed by atoms with Crippen LogP contribution in [0.2, 0.25) is 0 Å². The van der Waals surface area contributed by atoms with Crippen LogP contribution in [-0.4, -0.2) is 18.3 Å². The third kappa shape index (κ3) is 2.78. The Morgan fingerprint density at radius 3 is 2.24 bits per heavy atom. The van der Waals surface area contributed by atoms with Gasteiger partial charge in [-0.05, 0) is 82.8 Å². The van der Waals surface area contributed by atoms with Crippen LogP contribution in [0.5, 0.6) is 0 Å². The van der Waals surface area contributed by atoms with Crippen molar-refractivity contribution in [2.45, 2.75) is 77.4 Å². The summed E-state index contributed by atoms with van der Waals surface area (Å²) < 4.78 is 12.6. The standard InChI is InChI=1S/C18H27BO2/c1-17(2)18(3,4)21-19(20-17)16-13-9-8-12-15(16)14-10-6-5-7-11-14/h8-10H,5-7,11-13H2,1-4H3. The van der Waals surface area contributed by atoms with Gasteiger partial charge in [0.25, 0.3) is 0 Å². The Balaban J connectivity index is 1.91. The van der Waals surface area contributed by atoms with E-state index in [1.165, 1.54) is 42.3 Å². The summed E-state index contributed by atoms with van der Waals surface area (Å²) in [7, 11) is -0.183. The van der Waals surface area contributed by atoms with E-state index in [2.05, 4.69) is 45.9 Å². The maximum atomic E-state index is 6.28. The van der Waals surface area contributed by atoms with Crippen LogP contribution in [0.4, 0.5) is 0 Å². The average molecular weight is 286 g/mol. The first kappa shape index (κ1) is 15.1. The Kier molecular flexibility index (Phi) is 3.92. The van der Waals surface area contributed by atoms with Crippen molar-refractivity contribution in [1.29, 1.82) is 0 Å². The average Bonchev–Trinajstić information content (AvgIpc) is 2.68. The van der Waals surface area contributed by atoms with Crippen molar-refractivity contribution in [3.63, 3.8) is 0 Å². The third-order valence-corrected chi connectivity index (χ3v) is 5.43.